The minimum absolute atomic E-state index is 0.0216. The number of hydrogen-bond donors (Lipinski definition) is 10. The second kappa shape index (κ2) is 15.9. The third-order valence-corrected chi connectivity index (χ3v) is 5.51. The summed E-state index contributed by atoms with van der Waals surface area (Å²) in [5, 5.41) is 25.9. The number of rotatable bonds is 16. The average Bonchev–Trinajstić information content (AvgIpc) is 2.84. The molecule has 1 aromatic carbocycles. The molecule has 38 heavy (non-hydrogen) atoms. The summed E-state index contributed by atoms with van der Waals surface area (Å²) in [6.45, 7) is 0.258. The summed E-state index contributed by atoms with van der Waals surface area (Å²) >= 11 is 4.05. The van der Waals surface area contributed by atoms with E-state index in [1.54, 1.807) is 0 Å². The number of primary amides is 1. The van der Waals surface area contributed by atoms with Gasteiger partial charge in [0.1, 0.15) is 23.9 Å². The van der Waals surface area contributed by atoms with Crippen LogP contribution in [0.15, 0.2) is 29.3 Å². The number of benzene rings is 1. The smallest absolute Gasteiger partial charge is 0.326 e. The monoisotopic (exact) mass is 554 g/mol. The van der Waals surface area contributed by atoms with Gasteiger partial charge in [0.15, 0.2) is 5.96 Å². The Morgan fingerprint density at radius 1 is 0.895 bits per heavy atom. The highest BCUT2D eigenvalue weighted by molar-refractivity contribution is 7.80. The van der Waals surface area contributed by atoms with Gasteiger partial charge in [0.25, 0.3) is 0 Å². The zero-order valence-electron chi connectivity index (χ0n) is 20.5. The molecular formula is C22H34N8O7S. The molecule has 4 atom stereocenters. The lowest BCUT2D eigenvalue weighted by molar-refractivity contribution is -0.142. The lowest BCUT2D eigenvalue weighted by Gasteiger charge is -2.24. The number of guanidine groups is 1. The number of nitrogens with two attached hydrogens (primary N) is 4. The Kier molecular flexibility index (Phi) is 13.4. The van der Waals surface area contributed by atoms with Crippen molar-refractivity contribution in [2.75, 3.05) is 12.3 Å². The SMILES string of the molecule is NC(=O)CC(NC(=O)C(CS)NC(=O)C(N)CCCN=C(N)N)C(=O)NC(Cc1ccc(O)cc1)C(=O)O. The third kappa shape index (κ3) is 11.8. The zero-order valence-corrected chi connectivity index (χ0v) is 21.4. The number of carbonyl (C=O) groups is 5. The van der Waals surface area contributed by atoms with Crippen LogP contribution in [0, 0.1) is 0 Å². The molecule has 13 N–H and O–H groups in total. The number of carboxylic acid groups (broad SMARTS) is 1. The minimum atomic E-state index is -1.53. The Hall–Kier alpha value is -4.05. The second-order valence-electron chi connectivity index (χ2n) is 8.30. The fourth-order valence-electron chi connectivity index (χ4n) is 3.15. The van der Waals surface area contributed by atoms with Crippen LogP contribution in [0.3, 0.4) is 0 Å². The first-order chi connectivity index (χ1) is 17.8. The van der Waals surface area contributed by atoms with E-state index in [0.717, 1.165) is 0 Å². The molecule has 0 radical (unpaired) electrons. The summed E-state index contributed by atoms with van der Waals surface area (Å²) in [6.07, 6.45) is -0.163. The summed E-state index contributed by atoms with van der Waals surface area (Å²) in [5.74, 6) is -5.13. The molecule has 210 valence electrons. The molecule has 4 amide bonds. The molecule has 0 saturated carbocycles. The first kappa shape index (κ1) is 32.0. The number of nitrogens with one attached hydrogen (secondary N) is 3. The van der Waals surface area contributed by atoms with E-state index in [1.165, 1.54) is 24.3 Å². The van der Waals surface area contributed by atoms with E-state index in [9.17, 15) is 34.2 Å². The van der Waals surface area contributed by atoms with Crippen LogP contribution < -0.4 is 38.9 Å². The highest BCUT2D eigenvalue weighted by atomic mass is 32.1. The lowest BCUT2D eigenvalue weighted by Crippen LogP contribution is -2.58. The summed E-state index contributed by atoms with van der Waals surface area (Å²) in [7, 11) is 0. The molecule has 0 heterocycles. The minimum Gasteiger partial charge on any atom is -0.508 e. The predicted octanol–water partition coefficient (Wildman–Crippen LogP) is -3.34. The number of aliphatic carboxylic acids is 1. The van der Waals surface area contributed by atoms with E-state index < -0.39 is 60.2 Å². The lowest BCUT2D eigenvalue weighted by atomic mass is 10.0. The Morgan fingerprint density at radius 2 is 1.45 bits per heavy atom. The number of phenols is 1. The van der Waals surface area contributed by atoms with Crippen molar-refractivity contribution in [3.8, 4) is 5.75 Å². The van der Waals surface area contributed by atoms with Crippen molar-refractivity contribution in [1.29, 1.82) is 0 Å². The average molecular weight is 555 g/mol. The fourth-order valence-corrected chi connectivity index (χ4v) is 3.40. The Labute approximate surface area is 224 Å². The number of carboxylic acids is 1. The number of thiol groups is 1. The first-order valence-electron chi connectivity index (χ1n) is 11.5. The molecule has 15 nitrogen and oxygen atoms in total. The summed E-state index contributed by atoms with van der Waals surface area (Å²) in [5.41, 5.74) is 22.0. The van der Waals surface area contributed by atoms with Gasteiger partial charge in [0.05, 0.1) is 12.5 Å². The van der Waals surface area contributed by atoms with Crippen molar-refractivity contribution in [2.24, 2.45) is 27.9 Å². The van der Waals surface area contributed by atoms with Crippen LogP contribution in [-0.4, -0.2) is 82.2 Å². The number of amides is 4. The van der Waals surface area contributed by atoms with E-state index in [-0.39, 0.29) is 36.8 Å². The Morgan fingerprint density at radius 3 is 1.97 bits per heavy atom. The van der Waals surface area contributed by atoms with Gasteiger partial charge in [0.2, 0.25) is 23.6 Å². The van der Waals surface area contributed by atoms with Gasteiger partial charge in [-0.25, -0.2) is 4.79 Å². The van der Waals surface area contributed by atoms with Crippen molar-refractivity contribution in [2.45, 2.75) is 49.9 Å². The molecule has 0 fully saturated rings. The van der Waals surface area contributed by atoms with Gasteiger partial charge >= 0.3 is 5.97 Å². The highest BCUT2D eigenvalue weighted by Gasteiger charge is 2.31. The number of aliphatic imine (C=N–C) groups is 1. The van der Waals surface area contributed by atoms with Gasteiger partial charge in [-0.1, -0.05) is 12.1 Å². The zero-order chi connectivity index (χ0) is 28.8. The summed E-state index contributed by atoms with van der Waals surface area (Å²) in [6, 6.07) is 0.496. The molecule has 0 aliphatic carbocycles. The molecule has 4 unspecified atom stereocenters. The quantitative estimate of drug-likeness (QED) is 0.0419. The summed E-state index contributed by atoms with van der Waals surface area (Å²) < 4.78 is 0. The number of hydrogen-bond acceptors (Lipinski definition) is 9. The maximum absolute atomic E-state index is 12.8. The first-order valence-corrected chi connectivity index (χ1v) is 12.1. The molecule has 1 aromatic rings. The molecule has 16 heteroatoms. The van der Waals surface area contributed by atoms with E-state index >= 15 is 0 Å². The largest absolute Gasteiger partial charge is 0.508 e. The van der Waals surface area contributed by atoms with E-state index in [4.69, 9.17) is 22.9 Å². The van der Waals surface area contributed by atoms with Gasteiger partial charge in [0, 0.05) is 18.7 Å². The van der Waals surface area contributed by atoms with E-state index in [0.29, 0.717) is 12.0 Å². The molecule has 0 spiro atoms. The molecule has 0 bridgehead atoms. The van der Waals surface area contributed by atoms with E-state index in [2.05, 4.69) is 33.6 Å². The van der Waals surface area contributed by atoms with Gasteiger partial charge in [-0.15, -0.1) is 0 Å². The predicted molar refractivity (Wildman–Crippen MR) is 141 cm³/mol. The van der Waals surface area contributed by atoms with Crippen molar-refractivity contribution >= 4 is 48.2 Å². The maximum Gasteiger partial charge on any atom is 0.326 e. The van der Waals surface area contributed by atoms with Crippen LogP contribution in [-0.2, 0) is 30.4 Å². The molecule has 0 saturated heterocycles. The number of nitrogens with zero attached hydrogens (tertiary/aromatic N) is 1. The Bertz CT molecular complexity index is 1020. The van der Waals surface area contributed by atoms with Crippen LogP contribution in [0.5, 0.6) is 5.75 Å². The van der Waals surface area contributed by atoms with Gasteiger partial charge < -0.3 is 49.1 Å². The normalized spacial score (nSPS) is 13.7. The van der Waals surface area contributed by atoms with E-state index in [1.807, 2.05) is 0 Å². The summed E-state index contributed by atoms with van der Waals surface area (Å²) in [4.78, 5) is 65.0. The number of carbonyl (C=O) groups excluding carboxylic acids is 4. The molecule has 1 rings (SSSR count). The van der Waals surface area contributed by atoms with Gasteiger partial charge in [-0.3, -0.25) is 24.2 Å². The van der Waals surface area contributed by atoms with Crippen LogP contribution in [0.4, 0.5) is 0 Å². The van der Waals surface area contributed by atoms with Crippen molar-refractivity contribution in [1.82, 2.24) is 16.0 Å². The van der Waals surface area contributed by atoms with Crippen LogP contribution in [0.2, 0.25) is 0 Å². The van der Waals surface area contributed by atoms with Crippen LogP contribution >= 0.6 is 12.6 Å². The van der Waals surface area contributed by atoms with Gasteiger partial charge in [-0.05, 0) is 30.5 Å². The van der Waals surface area contributed by atoms with Crippen molar-refractivity contribution in [3.05, 3.63) is 29.8 Å². The maximum atomic E-state index is 12.8. The molecular weight excluding hydrogens is 520 g/mol. The van der Waals surface area contributed by atoms with Crippen LogP contribution in [0.25, 0.3) is 0 Å². The van der Waals surface area contributed by atoms with Crippen molar-refractivity contribution in [3.63, 3.8) is 0 Å². The van der Waals surface area contributed by atoms with Crippen molar-refractivity contribution < 1.29 is 34.2 Å². The van der Waals surface area contributed by atoms with Crippen LogP contribution in [0.1, 0.15) is 24.8 Å². The molecule has 0 aliphatic rings. The molecule has 0 aromatic heterocycles. The van der Waals surface area contributed by atoms with Gasteiger partial charge in [-0.2, -0.15) is 12.6 Å². The fraction of sp³-hybridized carbons (Fsp3) is 0.455. The molecule has 0 aliphatic heterocycles. The Balaban J connectivity index is 2.84. The number of aromatic hydroxyl groups is 1. The topological polar surface area (TPSA) is 278 Å². The standard InChI is InChI=1S/C22H34N8O7S/c23-13(2-1-7-27-22(25)26)18(33)30-16(10-38)20(35)28-14(9-17(24)32)19(34)29-15(21(36)37)8-11-3-5-12(31)6-4-11/h3-6,13-16,31,38H,1-2,7-10,23H2,(H2,24,32)(H,28,35)(H,29,34)(H,30,33)(H,36,37)(H4,25,26,27). The highest BCUT2D eigenvalue weighted by Crippen LogP contribution is 2.12. The third-order valence-electron chi connectivity index (χ3n) is 5.15. The number of phenolic OH excluding ortho intramolecular Hbond substituents is 1. The second-order valence-corrected chi connectivity index (χ2v) is 8.67.